The fourth-order valence-corrected chi connectivity index (χ4v) is 2.59. The Bertz CT molecular complexity index is 956. The number of anilines is 1. The highest BCUT2D eigenvalue weighted by Crippen LogP contribution is 2.29. The van der Waals surface area contributed by atoms with Crippen molar-refractivity contribution in [2.45, 2.75) is 20.1 Å². The number of methoxy groups -OCH3 is 1. The summed E-state index contributed by atoms with van der Waals surface area (Å²) in [5, 5.41) is 6.99. The van der Waals surface area contributed by atoms with Crippen LogP contribution in [0.25, 0.3) is 0 Å². The largest absolute Gasteiger partial charge is 0.493 e. The standard InChI is InChI=1S/C20H19F2N3O3/c1-13-3-5-14(6-4-13)12-25-10-9-18(24-25)23-19(26)15-7-8-16(28-20(21)22)17(11-15)27-2/h3-11,20H,12H2,1-2H3,(H,23,24,26). The lowest BCUT2D eigenvalue weighted by atomic mass is 10.1. The Hall–Kier alpha value is -3.42. The predicted octanol–water partition coefficient (Wildman–Crippen LogP) is 4.10. The summed E-state index contributed by atoms with van der Waals surface area (Å²) in [6.07, 6.45) is 1.76. The van der Waals surface area contributed by atoms with Crippen molar-refractivity contribution in [3.63, 3.8) is 0 Å². The number of carbonyl (C=O) groups is 1. The van der Waals surface area contributed by atoms with Crippen molar-refractivity contribution >= 4 is 11.7 Å². The molecule has 1 aromatic heterocycles. The van der Waals surface area contributed by atoms with Gasteiger partial charge in [0.1, 0.15) is 0 Å². The van der Waals surface area contributed by atoms with E-state index in [1.807, 2.05) is 31.2 Å². The molecule has 1 N–H and O–H groups in total. The van der Waals surface area contributed by atoms with E-state index in [4.69, 9.17) is 4.74 Å². The number of rotatable bonds is 7. The van der Waals surface area contributed by atoms with Crippen molar-refractivity contribution in [3.05, 3.63) is 71.4 Å². The van der Waals surface area contributed by atoms with Crippen molar-refractivity contribution in [2.75, 3.05) is 12.4 Å². The Balaban J connectivity index is 1.68. The first-order valence-corrected chi connectivity index (χ1v) is 8.48. The molecule has 3 aromatic rings. The first kappa shape index (κ1) is 19.3. The lowest BCUT2D eigenvalue weighted by molar-refractivity contribution is -0.0512. The van der Waals surface area contributed by atoms with Gasteiger partial charge in [0.05, 0.1) is 13.7 Å². The highest BCUT2D eigenvalue weighted by atomic mass is 19.3. The number of amides is 1. The van der Waals surface area contributed by atoms with Crippen LogP contribution in [0.2, 0.25) is 0 Å². The molecular formula is C20H19F2N3O3. The van der Waals surface area contributed by atoms with Crippen LogP contribution in [0.5, 0.6) is 11.5 Å². The average molecular weight is 387 g/mol. The number of hydrogen-bond acceptors (Lipinski definition) is 4. The third-order valence-electron chi connectivity index (χ3n) is 3.99. The molecule has 1 heterocycles. The van der Waals surface area contributed by atoms with Crippen molar-refractivity contribution in [2.24, 2.45) is 0 Å². The van der Waals surface area contributed by atoms with Gasteiger partial charge < -0.3 is 14.8 Å². The monoisotopic (exact) mass is 387 g/mol. The van der Waals surface area contributed by atoms with Crippen LogP contribution in [0.3, 0.4) is 0 Å². The second kappa shape index (κ2) is 8.51. The molecule has 2 aromatic carbocycles. The van der Waals surface area contributed by atoms with E-state index >= 15 is 0 Å². The van der Waals surface area contributed by atoms with Crippen molar-refractivity contribution in [1.29, 1.82) is 0 Å². The number of benzene rings is 2. The van der Waals surface area contributed by atoms with Gasteiger partial charge in [0, 0.05) is 17.8 Å². The molecular weight excluding hydrogens is 368 g/mol. The van der Waals surface area contributed by atoms with E-state index < -0.39 is 12.5 Å². The quantitative estimate of drug-likeness (QED) is 0.663. The number of alkyl halides is 2. The minimum absolute atomic E-state index is 0.0397. The van der Waals surface area contributed by atoms with Crippen LogP contribution in [0.4, 0.5) is 14.6 Å². The Labute approximate surface area is 160 Å². The van der Waals surface area contributed by atoms with E-state index in [0.29, 0.717) is 12.4 Å². The van der Waals surface area contributed by atoms with Crippen LogP contribution in [0.15, 0.2) is 54.7 Å². The van der Waals surface area contributed by atoms with E-state index in [2.05, 4.69) is 15.2 Å². The molecule has 0 aliphatic carbocycles. The minimum Gasteiger partial charge on any atom is -0.493 e. The van der Waals surface area contributed by atoms with E-state index in [9.17, 15) is 13.6 Å². The summed E-state index contributed by atoms with van der Waals surface area (Å²) in [5.74, 6) is -0.166. The molecule has 0 fully saturated rings. The lowest BCUT2D eigenvalue weighted by Gasteiger charge is -2.11. The van der Waals surface area contributed by atoms with Gasteiger partial charge in [0.25, 0.3) is 5.91 Å². The van der Waals surface area contributed by atoms with Crippen molar-refractivity contribution < 1.29 is 23.0 Å². The number of hydrogen-bond donors (Lipinski definition) is 1. The Kier molecular flexibility index (Phi) is 5.88. The predicted molar refractivity (Wildman–Crippen MR) is 100 cm³/mol. The van der Waals surface area contributed by atoms with Crippen LogP contribution in [-0.2, 0) is 6.54 Å². The second-order valence-electron chi connectivity index (χ2n) is 6.08. The third kappa shape index (κ3) is 4.85. The van der Waals surface area contributed by atoms with Crippen molar-refractivity contribution in [3.8, 4) is 11.5 Å². The van der Waals surface area contributed by atoms with E-state index in [-0.39, 0.29) is 17.1 Å². The first-order valence-electron chi connectivity index (χ1n) is 8.48. The van der Waals surface area contributed by atoms with Gasteiger partial charge in [-0.25, -0.2) is 0 Å². The van der Waals surface area contributed by atoms with Gasteiger partial charge in [-0.3, -0.25) is 9.48 Å². The first-order chi connectivity index (χ1) is 13.4. The number of nitrogens with zero attached hydrogens (tertiary/aromatic N) is 2. The molecule has 0 atom stereocenters. The lowest BCUT2D eigenvalue weighted by Crippen LogP contribution is -2.13. The summed E-state index contributed by atoms with van der Waals surface area (Å²) in [4.78, 5) is 12.4. The van der Waals surface area contributed by atoms with Crippen LogP contribution < -0.4 is 14.8 Å². The molecule has 0 radical (unpaired) electrons. The molecule has 1 amide bonds. The molecule has 146 valence electrons. The summed E-state index contributed by atoms with van der Waals surface area (Å²) >= 11 is 0. The van der Waals surface area contributed by atoms with Gasteiger partial charge in [0.2, 0.25) is 0 Å². The Morgan fingerprint density at radius 2 is 1.89 bits per heavy atom. The van der Waals surface area contributed by atoms with Crippen LogP contribution in [0, 0.1) is 6.92 Å². The summed E-state index contributed by atoms with van der Waals surface area (Å²) in [7, 11) is 1.31. The topological polar surface area (TPSA) is 65.4 Å². The molecule has 0 aliphatic rings. The fourth-order valence-electron chi connectivity index (χ4n) is 2.59. The molecule has 0 spiro atoms. The van der Waals surface area contributed by atoms with Gasteiger partial charge in [-0.1, -0.05) is 29.8 Å². The highest BCUT2D eigenvalue weighted by molar-refractivity contribution is 6.04. The second-order valence-corrected chi connectivity index (χ2v) is 6.08. The maximum absolute atomic E-state index is 12.4. The number of carbonyl (C=O) groups excluding carboxylic acids is 1. The van der Waals surface area contributed by atoms with Gasteiger partial charge in [-0.05, 0) is 30.7 Å². The molecule has 0 aliphatic heterocycles. The van der Waals surface area contributed by atoms with Crippen LogP contribution in [0.1, 0.15) is 21.5 Å². The molecule has 6 nitrogen and oxygen atoms in total. The summed E-state index contributed by atoms with van der Waals surface area (Å²) in [6.45, 7) is -0.387. The molecule has 28 heavy (non-hydrogen) atoms. The number of nitrogens with one attached hydrogen (secondary N) is 1. The summed E-state index contributed by atoms with van der Waals surface area (Å²) in [5.41, 5.74) is 2.50. The van der Waals surface area contributed by atoms with Crippen LogP contribution in [-0.4, -0.2) is 29.4 Å². The number of aryl methyl sites for hydroxylation is 1. The Morgan fingerprint density at radius 1 is 1.14 bits per heavy atom. The molecule has 0 saturated heterocycles. The average Bonchev–Trinajstić information content (AvgIpc) is 3.10. The van der Waals surface area contributed by atoms with Gasteiger partial charge >= 0.3 is 6.61 Å². The minimum atomic E-state index is -2.98. The van der Waals surface area contributed by atoms with Crippen LogP contribution >= 0.6 is 0 Å². The van der Waals surface area contributed by atoms with Gasteiger partial charge in [-0.15, -0.1) is 0 Å². The smallest absolute Gasteiger partial charge is 0.387 e. The third-order valence-corrected chi connectivity index (χ3v) is 3.99. The SMILES string of the molecule is COc1cc(C(=O)Nc2ccn(Cc3ccc(C)cc3)n2)ccc1OC(F)F. The maximum Gasteiger partial charge on any atom is 0.387 e. The molecule has 3 rings (SSSR count). The maximum atomic E-state index is 12.4. The van der Waals surface area contributed by atoms with E-state index in [0.717, 1.165) is 5.56 Å². The Morgan fingerprint density at radius 3 is 2.57 bits per heavy atom. The fraction of sp³-hybridized carbons (Fsp3) is 0.200. The summed E-state index contributed by atoms with van der Waals surface area (Å²) in [6, 6.07) is 13.7. The number of aromatic nitrogens is 2. The van der Waals surface area contributed by atoms with E-state index in [1.165, 1.54) is 30.9 Å². The van der Waals surface area contributed by atoms with Gasteiger partial charge in [0.15, 0.2) is 17.3 Å². The van der Waals surface area contributed by atoms with Gasteiger partial charge in [-0.2, -0.15) is 13.9 Å². The van der Waals surface area contributed by atoms with E-state index in [1.54, 1.807) is 16.9 Å². The number of ether oxygens (including phenoxy) is 2. The molecule has 0 unspecified atom stereocenters. The molecule has 8 heteroatoms. The molecule has 0 saturated carbocycles. The zero-order valence-electron chi connectivity index (χ0n) is 15.4. The number of halogens is 2. The van der Waals surface area contributed by atoms with Crippen molar-refractivity contribution in [1.82, 2.24) is 9.78 Å². The highest BCUT2D eigenvalue weighted by Gasteiger charge is 2.15. The summed E-state index contributed by atoms with van der Waals surface area (Å²) < 4.78 is 35.9. The normalized spacial score (nSPS) is 10.8. The zero-order valence-corrected chi connectivity index (χ0v) is 15.4. The zero-order chi connectivity index (χ0) is 20.1. The molecule has 0 bridgehead atoms.